The van der Waals surface area contributed by atoms with Crippen molar-refractivity contribution in [3.63, 3.8) is 0 Å². The molecule has 26 heavy (non-hydrogen) atoms. The maximum absolute atomic E-state index is 12.9. The van der Waals surface area contributed by atoms with Gasteiger partial charge in [0.2, 0.25) is 11.8 Å². The highest BCUT2D eigenvalue weighted by molar-refractivity contribution is 8.00. The van der Waals surface area contributed by atoms with Gasteiger partial charge in [0.15, 0.2) is 0 Å². The van der Waals surface area contributed by atoms with Crippen LogP contribution in [0.25, 0.3) is 0 Å². The van der Waals surface area contributed by atoms with Crippen molar-refractivity contribution in [3.8, 4) is 0 Å². The Morgan fingerprint density at radius 2 is 1.69 bits per heavy atom. The average molecular weight is 379 g/mol. The molecule has 0 atom stereocenters. The van der Waals surface area contributed by atoms with Gasteiger partial charge in [0.1, 0.15) is 5.82 Å². The number of benzene rings is 1. The van der Waals surface area contributed by atoms with Crippen LogP contribution >= 0.6 is 11.8 Å². The number of amides is 2. The zero-order chi connectivity index (χ0) is 18.4. The van der Waals surface area contributed by atoms with E-state index in [0.29, 0.717) is 18.8 Å². The first-order valence-corrected chi connectivity index (χ1v) is 10.6. The van der Waals surface area contributed by atoms with Gasteiger partial charge in [-0.3, -0.25) is 9.59 Å². The molecule has 0 unspecified atom stereocenters. The van der Waals surface area contributed by atoms with E-state index >= 15 is 0 Å². The second-order valence-electron chi connectivity index (χ2n) is 7.24. The molecule has 1 aromatic rings. The number of nitrogens with zero attached hydrogens (tertiary/aromatic N) is 1. The van der Waals surface area contributed by atoms with E-state index in [2.05, 4.69) is 5.32 Å². The Labute approximate surface area is 158 Å². The first-order chi connectivity index (χ1) is 12.6. The number of thioether (sulfide) groups is 1. The molecule has 142 valence electrons. The molecular formula is C20H27FN2O2S. The molecule has 4 nitrogen and oxygen atoms in total. The predicted octanol–water partition coefficient (Wildman–Crippen LogP) is 3.61. The van der Waals surface area contributed by atoms with E-state index in [-0.39, 0.29) is 29.6 Å². The Kier molecular flexibility index (Phi) is 6.94. The molecule has 2 amide bonds. The molecule has 1 saturated heterocycles. The minimum Gasteiger partial charge on any atom is -0.353 e. The van der Waals surface area contributed by atoms with Crippen LogP contribution in [0.2, 0.25) is 0 Å². The van der Waals surface area contributed by atoms with Gasteiger partial charge < -0.3 is 10.2 Å². The van der Waals surface area contributed by atoms with Crippen LogP contribution in [-0.2, 0) is 9.59 Å². The highest BCUT2D eigenvalue weighted by atomic mass is 32.2. The molecule has 1 N–H and O–H groups in total. The van der Waals surface area contributed by atoms with Gasteiger partial charge >= 0.3 is 0 Å². The first-order valence-electron chi connectivity index (χ1n) is 9.58. The highest BCUT2D eigenvalue weighted by Gasteiger charge is 2.27. The molecular weight excluding hydrogens is 351 g/mol. The van der Waals surface area contributed by atoms with Gasteiger partial charge in [0.05, 0.1) is 5.75 Å². The van der Waals surface area contributed by atoms with Gasteiger partial charge in [-0.25, -0.2) is 4.39 Å². The predicted molar refractivity (Wildman–Crippen MR) is 101 cm³/mol. The van der Waals surface area contributed by atoms with Crippen molar-refractivity contribution in [1.82, 2.24) is 10.2 Å². The van der Waals surface area contributed by atoms with E-state index in [1.807, 2.05) is 4.90 Å². The Hall–Kier alpha value is -1.56. The molecule has 2 fully saturated rings. The second kappa shape index (κ2) is 9.40. The Bertz CT molecular complexity index is 609. The topological polar surface area (TPSA) is 49.4 Å². The SMILES string of the molecule is O=C(NC1CCN(C(=O)CSc2ccc(F)cc2)CC1)C1CCCCC1. The van der Waals surface area contributed by atoms with Gasteiger partial charge in [0, 0.05) is 29.9 Å². The highest BCUT2D eigenvalue weighted by Crippen LogP contribution is 2.24. The van der Waals surface area contributed by atoms with Crippen molar-refractivity contribution < 1.29 is 14.0 Å². The molecule has 0 bridgehead atoms. The lowest BCUT2D eigenvalue weighted by Crippen LogP contribution is -2.48. The minimum absolute atomic E-state index is 0.108. The summed E-state index contributed by atoms with van der Waals surface area (Å²) in [6.07, 6.45) is 7.26. The summed E-state index contributed by atoms with van der Waals surface area (Å²) in [5.41, 5.74) is 0. The van der Waals surface area contributed by atoms with Crippen molar-refractivity contribution in [3.05, 3.63) is 30.1 Å². The van der Waals surface area contributed by atoms with Crippen LogP contribution < -0.4 is 5.32 Å². The maximum atomic E-state index is 12.9. The van der Waals surface area contributed by atoms with Crippen molar-refractivity contribution in [1.29, 1.82) is 0 Å². The van der Waals surface area contributed by atoms with E-state index in [9.17, 15) is 14.0 Å². The third kappa shape index (κ3) is 5.47. The Morgan fingerprint density at radius 3 is 2.35 bits per heavy atom. The lowest BCUT2D eigenvalue weighted by atomic mass is 9.88. The van der Waals surface area contributed by atoms with Gasteiger partial charge in [-0.2, -0.15) is 0 Å². The lowest BCUT2D eigenvalue weighted by molar-refractivity contribution is -0.130. The average Bonchev–Trinajstić information content (AvgIpc) is 2.68. The van der Waals surface area contributed by atoms with Crippen LogP contribution in [0.4, 0.5) is 4.39 Å². The summed E-state index contributed by atoms with van der Waals surface area (Å²) in [7, 11) is 0. The zero-order valence-corrected chi connectivity index (χ0v) is 15.9. The minimum atomic E-state index is -0.266. The van der Waals surface area contributed by atoms with Crippen molar-refractivity contribution in [2.24, 2.45) is 5.92 Å². The van der Waals surface area contributed by atoms with Crippen LogP contribution in [0.15, 0.2) is 29.2 Å². The van der Waals surface area contributed by atoms with Crippen LogP contribution in [0.3, 0.4) is 0 Å². The molecule has 1 aliphatic heterocycles. The summed E-state index contributed by atoms with van der Waals surface area (Å²) in [4.78, 5) is 27.5. The molecule has 1 heterocycles. The zero-order valence-electron chi connectivity index (χ0n) is 15.1. The van der Waals surface area contributed by atoms with Gasteiger partial charge in [-0.1, -0.05) is 19.3 Å². The number of nitrogens with one attached hydrogen (secondary N) is 1. The lowest BCUT2D eigenvalue weighted by Gasteiger charge is -2.33. The molecule has 0 spiro atoms. The molecule has 6 heteroatoms. The number of rotatable bonds is 5. The fourth-order valence-electron chi connectivity index (χ4n) is 3.72. The second-order valence-corrected chi connectivity index (χ2v) is 8.29. The maximum Gasteiger partial charge on any atom is 0.232 e. The van der Waals surface area contributed by atoms with Gasteiger partial charge in [-0.15, -0.1) is 11.8 Å². The van der Waals surface area contributed by atoms with E-state index < -0.39 is 0 Å². The van der Waals surface area contributed by atoms with Crippen LogP contribution in [0.5, 0.6) is 0 Å². The summed E-state index contributed by atoms with van der Waals surface area (Å²) < 4.78 is 12.9. The number of carbonyl (C=O) groups is 2. The fraction of sp³-hybridized carbons (Fsp3) is 0.600. The van der Waals surface area contributed by atoms with E-state index in [0.717, 1.165) is 43.4 Å². The summed E-state index contributed by atoms with van der Waals surface area (Å²) in [5.74, 6) is 0.608. The van der Waals surface area contributed by atoms with Crippen molar-refractivity contribution in [2.75, 3.05) is 18.8 Å². The number of carbonyl (C=O) groups excluding carboxylic acids is 2. The molecule has 1 saturated carbocycles. The smallest absolute Gasteiger partial charge is 0.232 e. The normalized spacial score (nSPS) is 19.3. The molecule has 1 aliphatic carbocycles. The third-order valence-corrected chi connectivity index (χ3v) is 6.34. The van der Waals surface area contributed by atoms with Crippen molar-refractivity contribution in [2.45, 2.75) is 55.9 Å². The van der Waals surface area contributed by atoms with Crippen LogP contribution in [0, 0.1) is 11.7 Å². The number of halogens is 1. The molecule has 0 radical (unpaired) electrons. The number of hydrogen-bond acceptors (Lipinski definition) is 3. The summed E-state index contributed by atoms with van der Waals surface area (Å²) in [6, 6.07) is 6.40. The van der Waals surface area contributed by atoms with Gasteiger partial charge in [-0.05, 0) is 49.9 Å². The Morgan fingerprint density at radius 1 is 1.04 bits per heavy atom. The number of likely N-dealkylation sites (tertiary alicyclic amines) is 1. The summed E-state index contributed by atoms with van der Waals surface area (Å²) in [5, 5.41) is 3.19. The summed E-state index contributed by atoms with van der Waals surface area (Å²) >= 11 is 1.43. The van der Waals surface area contributed by atoms with Gasteiger partial charge in [0.25, 0.3) is 0 Å². The fourth-order valence-corrected chi connectivity index (χ4v) is 4.53. The van der Waals surface area contributed by atoms with Crippen LogP contribution in [0.1, 0.15) is 44.9 Å². The quantitative estimate of drug-likeness (QED) is 0.797. The summed E-state index contributed by atoms with van der Waals surface area (Å²) in [6.45, 7) is 1.39. The molecule has 0 aromatic heterocycles. The van der Waals surface area contributed by atoms with Crippen LogP contribution in [-0.4, -0.2) is 41.6 Å². The Balaban J connectivity index is 1.38. The largest absolute Gasteiger partial charge is 0.353 e. The van der Waals surface area contributed by atoms with E-state index in [1.165, 1.54) is 30.3 Å². The van der Waals surface area contributed by atoms with Crippen molar-refractivity contribution >= 4 is 23.6 Å². The monoisotopic (exact) mass is 378 g/mol. The molecule has 2 aliphatic rings. The van der Waals surface area contributed by atoms with E-state index in [4.69, 9.17) is 0 Å². The third-order valence-electron chi connectivity index (χ3n) is 5.35. The standard InChI is InChI=1S/C20H27FN2O2S/c21-16-6-8-18(9-7-16)26-14-19(24)23-12-10-17(11-13-23)22-20(25)15-4-2-1-3-5-15/h6-9,15,17H,1-5,10-14H2,(H,22,25). The molecule has 3 rings (SSSR count). The molecule has 1 aromatic carbocycles. The van der Waals surface area contributed by atoms with E-state index in [1.54, 1.807) is 12.1 Å². The number of piperidine rings is 1. The first kappa shape index (κ1) is 19.2. The number of hydrogen-bond donors (Lipinski definition) is 1.